The Balaban J connectivity index is 0.000000302. The van der Waals surface area contributed by atoms with Gasteiger partial charge in [0.15, 0.2) is 0 Å². The number of rotatable bonds is 28. The number of esters is 1. The Morgan fingerprint density at radius 3 is 1.23 bits per heavy atom. The lowest BCUT2D eigenvalue weighted by Gasteiger charge is -2.19. The van der Waals surface area contributed by atoms with Crippen LogP contribution in [0.25, 0.3) is 22.5 Å². The number of halogens is 6. The van der Waals surface area contributed by atoms with Gasteiger partial charge in [0.2, 0.25) is 0 Å². The number of alkyl halides is 6. The summed E-state index contributed by atoms with van der Waals surface area (Å²) in [6.07, 6.45) is 5.34. The molecule has 82 heavy (non-hydrogen) atoms. The lowest BCUT2D eigenvalue weighted by molar-refractivity contribution is -0.154. The zero-order chi connectivity index (χ0) is 59.7. The molecule has 12 nitrogen and oxygen atoms in total. The maximum absolute atomic E-state index is 12.9. The number of amides is 2. The average molecular weight is 1140 g/mol. The molecule has 2 unspecified atom stereocenters. The van der Waals surface area contributed by atoms with E-state index < -0.39 is 35.0 Å². The van der Waals surface area contributed by atoms with Crippen LogP contribution >= 0.6 is 0 Å². The summed E-state index contributed by atoms with van der Waals surface area (Å²) >= 11 is 0. The fourth-order valence-corrected chi connectivity index (χ4v) is 8.58. The molecule has 0 saturated heterocycles. The number of carboxylic acids is 1. The van der Waals surface area contributed by atoms with Gasteiger partial charge in [-0.3, -0.25) is 29.1 Å². The fourth-order valence-electron chi connectivity index (χ4n) is 8.58. The molecule has 2 heterocycles. The number of carbonyl (C=O) groups is 4. The third-order valence-corrected chi connectivity index (χ3v) is 13.1. The van der Waals surface area contributed by atoms with Gasteiger partial charge in [-0.1, -0.05) is 102 Å². The van der Waals surface area contributed by atoms with E-state index in [0.29, 0.717) is 58.4 Å². The summed E-state index contributed by atoms with van der Waals surface area (Å²) in [5, 5.41) is 14.0. The number of pyridine rings is 2. The second-order valence-electron chi connectivity index (χ2n) is 20.9. The Hall–Kier alpha value is -7.76. The highest BCUT2D eigenvalue weighted by Gasteiger charge is 2.31. The SMILES string of the molecule is CCCCCCC(COc1ccc(C(=O)NCCC(=O)O)cc1)c1ccc(-c2ccc(C(F)(F)F)cc2)nc1.CCCCCCC(COc1ccc(C(=O)NCCC(=O)OC(C)(C)C)cc1)c1ccc(-c2ccc(C(F)(F)F)cc2)nc1. The molecule has 0 aliphatic rings. The van der Waals surface area contributed by atoms with Crippen molar-refractivity contribution in [1.29, 1.82) is 0 Å². The van der Waals surface area contributed by atoms with Gasteiger partial charge < -0.3 is 30.0 Å². The minimum absolute atomic E-state index is 0.0534. The third-order valence-electron chi connectivity index (χ3n) is 13.1. The van der Waals surface area contributed by atoms with Gasteiger partial charge in [-0.05, 0) is 130 Å². The molecule has 0 fully saturated rings. The number of unbranched alkanes of at least 4 members (excludes halogenated alkanes) is 6. The largest absolute Gasteiger partial charge is 0.493 e. The normalized spacial score (nSPS) is 12.3. The van der Waals surface area contributed by atoms with Crippen LogP contribution < -0.4 is 20.1 Å². The zero-order valence-electron chi connectivity index (χ0n) is 47.1. The Labute approximate surface area is 476 Å². The number of hydrogen-bond acceptors (Lipinski definition) is 9. The van der Waals surface area contributed by atoms with E-state index >= 15 is 0 Å². The number of carboxylic acid groups (broad SMARTS) is 1. The number of aromatic nitrogens is 2. The molecule has 3 N–H and O–H groups in total. The standard InChI is InChI=1S/C34H41F3N2O4.C30H33F3N2O4/c1-5-6-7-8-9-27(26-14-19-30(39-22-26)24-10-15-28(16-11-24)34(35,36)37)23-42-29-17-12-25(13-18-29)32(41)38-21-20-31(40)43-33(2,3)4;1-2-3-4-5-6-24(20-39-26-14-9-22(10-15-26)29(38)34-18-17-28(36)37)23-11-16-27(35-19-23)21-7-12-25(13-8-21)30(31,32)33/h10-19,22,27H,5-9,20-21,23H2,1-4H3,(H,38,41);7-16,19,24H,2-6,17-18,20H2,1H3,(H,34,38)(H,36,37). The number of nitrogens with zero attached hydrogens (tertiary/aromatic N) is 2. The van der Waals surface area contributed by atoms with E-state index in [2.05, 4.69) is 34.4 Å². The molecule has 2 amide bonds. The number of aliphatic carboxylic acids is 1. The van der Waals surface area contributed by atoms with E-state index in [1.165, 1.54) is 24.3 Å². The van der Waals surface area contributed by atoms with Crippen LogP contribution in [-0.4, -0.2) is 70.7 Å². The molecule has 0 saturated carbocycles. The molecule has 2 aromatic heterocycles. The molecule has 0 radical (unpaired) electrons. The van der Waals surface area contributed by atoms with E-state index in [0.717, 1.165) is 99.6 Å². The summed E-state index contributed by atoms with van der Waals surface area (Å²) in [7, 11) is 0. The first-order valence-electron chi connectivity index (χ1n) is 27.8. The summed E-state index contributed by atoms with van der Waals surface area (Å²) in [6.45, 7) is 10.7. The first-order chi connectivity index (χ1) is 39.0. The van der Waals surface area contributed by atoms with E-state index in [9.17, 15) is 45.5 Å². The molecular weight excluding hydrogens is 1070 g/mol. The van der Waals surface area contributed by atoms with Gasteiger partial charge in [0.05, 0.1) is 48.6 Å². The molecular formula is C64H74F6N4O8. The van der Waals surface area contributed by atoms with Crippen LogP contribution in [0, 0.1) is 0 Å². The molecule has 0 bridgehead atoms. The Morgan fingerprint density at radius 1 is 0.512 bits per heavy atom. The lowest BCUT2D eigenvalue weighted by atomic mass is 9.94. The Bertz CT molecular complexity index is 2890. The third kappa shape index (κ3) is 22.6. The lowest BCUT2D eigenvalue weighted by Crippen LogP contribution is -2.29. The zero-order valence-corrected chi connectivity index (χ0v) is 47.1. The first kappa shape index (κ1) is 65.1. The van der Waals surface area contributed by atoms with Crippen molar-refractivity contribution in [2.75, 3.05) is 26.3 Å². The smallest absolute Gasteiger partial charge is 0.416 e. The second kappa shape index (κ2) is 32.0. The van der Waals surface area contributed by atoms with Gasteiger partial charge in [-0.25, -0.2) is 0 Å². The molecule has 0 aliphatic carbocycles. The molecule has 4 aromatic carbocycles. The number of ether oxygens (including phenoxy) is 3. The summed E-state index contributed by atoms with van der Waals surface area (Å²) < 4.78 is 94.8. The highest BCUT2D eigenvalue weighted by molar-refractivity contribution is 5.95. The van der Waals surface area contributed by atoms with Crippen LogP contribution in [0.1, 0.15) is 166 Å². The summed E-state index contributed by atoms with van der Waals surface area (Å²) in [5.74, 6) is -0.628. The molecule has 0 aliphatic heterocycles. The quantitative estimate of drug-likeness (QED) is 0.0244. The number of nitrogens with one attached hydrogen (secondary N) is 2. The van der Waals surface area contributed by atoms with Gasteiger partial charge in [0, 0.05) is 59.6 Å². The van der Waals surface area contributed by atoms with Crippen molar-refractivity contribution >= 4 is 23.8 Å². The first-order valence-corrected chi connectivity index (χ1v) is 27.8. The summed E-state index contributed by atoms with van der Waals surface area (Å²) in [6, 6.07) is 31.0. The van der Waals surface area contributed by atoms with Crippen LogP contribution in [0.4, 0.5) is 26.3 Å². The number of benzene rings is 4. The summed E-state index contributed by atoms with van der Waals surface area (Å²) in [4.78, 5) is 56.1. The van der Waals surface area contributed by atoms with Crippen molar-refractivity contribution in [3.8, 4) is 34.0 Å². The van der Waals surface area contributed by atoms with E-state index in [4.69, 9.17) is 19.3 Å². The molecule has 0 spiro atoms. The van der Waals surface area contributed by atoms with Gasteiger partial charge >= 0.3 is 24.3 Å². The van der Waals surface area contributed by atoms with Crippen LogP contribution in [0.2, 0.25) is 0 Å². The van der Waals surface area contributed by atoms with Gasteiger partial charge in [0.1, 0.15) is 17.1 Å². The highest BCUT2D eigenvalue weighted by Crippen LogP contribution is 2.34. The monoisotopic (exact) mass is 1140 g/mol. The van der Waals surface area contributed by atoms with Gasteiger partial charge in [0.25, 0.3) is 11.8 Å². The maximum atomic E-state index is 12.9. The minimum Gasteiger partial charge on any atom is -0.493 e. The van der Waals surface area contributed by atoms with Crippen LogP contribution in [0.5, 0.6) is 11.5 Å². The Kier molecular flexibility index (Phi) is 25.4. The predicted molar refractivity (Wildman–Crippen MR) is 304 cm³/mol. The second-order valence-corrected chi connectivity index (χ2v) is 20.9. The van der Waals surface area contributed by atoms with E-state index in [1.54, 1.807) is 81.7 Å². The number of carbonyl (C=O) groups excluding carboxylic acids is 3. The summed E-state index contributed by atoms with van der Waals surface area (Å²) in [5.41, 5.74) is 3.30. The molecule has 6 rings (SSSR count). The van der Waals surface area contributed by atoms with E-state index in [1.807, 2.05) is 24.3 Å². The van der Waals surface area contributed by atoms with E-state index in [-0.39, 0.29) is 55.6 Å². The molecule has 440 valence electrons. The van der Waals surface area contributed by atoms with Crippen LogP contribution in [-0.2, 0) is 26.7 Å². The van der Waals surface area contributed by atoms with Crippen molar-refractivity contribution in [3.63, 3.8) is 0 Å². The predicted octanol–water partition coefficient (Wildman–Crippen LogP) is 15.5. The van der Waals surface area contributed by atoms with Crippen molar-refractivity contribution in [2.24, 2.45) is 0 Å². The van der Waals surface area contributed by atoms with Crippen molar-refractivity contribution in [1.82, 2.24) is 20.6 Å². The van der Waals surface area contributed by atoms with Gasteiger partial charge in [-0.2, -0.15) is 26.3 Å². The molecule has 2 atom stereocenters. The topological polar surface area (TPSA) is 166 Å². The van der Waals surface area contributed by atoms with Crippen molar-refractivity contribution in [2.45, 2.75) is 141 Å². The highest BCUT2D eigenvalue weighted by atomic mass is 19.4. The maximum Gasteiger partial charge on any atom is 0.416 e. The van der Waals surface area contributed by atoms with Crippen LogP contribution in [0.3, 0.4) is 0 Å². The minimum atomic E-state index is -4.38. The van der Waals surface area contributed by atoms with Gasteiger partial charge in [-0.15, -0.1) is 0 Å². The Morgan fingerprint density at radius 2 is 0.902 bits per heavy atom. The number of hydrogen-bond donors (Lipinski definition) is 3. The fraction of sp³-hybridized carbons (Fsp3) is 0.406. The van der Waals surface area contributed by atoms with Crippen LogP contribution in [0.15, 0.2) is 134 Å². The molecule has 18 heteroatoms. The van der Waals surface area contributed by atoms with Crippen molar-refractivity contribution < 1.29 is 64.8 Å². The average Bonchev–Trinajstić information content (AvgIpc) is 3.44. The molecule has 6 aromatic rings. The van der Waals surface area contributed by atoms with Crippen molar-refractivity contribution in [3.05, 3.63) is 167 Å².